The standard InChI is InChI=1S/C23H36O2/c1-2-3-21-12-15-23(25-17-21)22-13-10-19(11-14-22)5-4-18-6-8-20(16-24)9-7-18/h6-9,19,21-24H,2-5,10-17H2,1H3. The van der Waals surface area contributed by atoms with Gasteiger partial charge in [-0.05, 0) is 73.8 Å². The molecule has 1 N–H and O–H groups in total. The van der Waals surface area contributed by atoms with Gasteiger partial charge in [0, 0.05) is 6.61 Å². The third-order valence-electron chi connectivity index (χ3n) is 6.57. The maximum Gasteiger partial charge on any atom is 0.0681 e. The Kier molecular flexibility index (Phi) is 7.36. The molecule has 140 valence electrons. The zero-order chi connectivity index (χ0) is 17.5. The molecule has 2 atom stereocenters. The van der Waals surface area contributed by atoms with Gasteiger partial charge in [-0.2, -0.15) is 0 Å². The highest BCUT2D eigenvalue weighted by atomic mass is 16.5. The zero-order valence-corrected chi connectivity index (χ0v) is 16.0. The Balaban J connectivity index is 1.36. The van der Waals surface area contributed by atoms with Gasteiger partial charge in [-0.3, -0.25) is 0 Å². The summed E-state index contributed by atoms with van der Waals surface area (Å²) in [4.78, 5) is 0. The molecule has 1 saturated carbocycles. The van der Waals surface area contributed by atoms with Gasteiger partial charge in [-0.15, -0.1) is 0 Å². The van der Waals surface area contributed by atoms with Crippen molar-refractivity contribution in [1.29, 1.82) is 0 Å². The van der Waals surface area contributed by atoms with E-state index in [0.29, 0.717) is 6.10 Å². The molecule has 25 heavy (non-hydrogen) atoms. The quantitative estimate of drug-likeness (QED) is 0.706. The second-order valence-electron chi connectivity index (χ2n) is 8.40. The normalized spacial score (nSPS) is 30.3. The van der Waals surface area contributed by atoms with E-state index in [2.05, 4.69) is 31.2 Å². The van der Waals surface area contributed by atoms with Crippen molar-refractivity contribution in [2.24, 2.45) is 17.8 Å². The first-order chi connectivity index (χ1) is 12.3. The molecule has 1 aliphatic carbocycles. The van der Waals surface area contributed by atoms with Crippen molar-refractivity contribution in [3.05, 3.63) is 35.4 Å². The lowest BCUT2D eigenvalue weighted by Gasteiger charge is -2.38. The maximum absolute atomic E-state index is 9.13. The summed E-state index contributed by atoms with van der Waals surface area (Å²) >= 11 is 0. The number of aliphatic hydroxyl groups excluding tert-OH is 1. The molecule has 1 saturated heterocycles. The highest BCUT2D eigenvalue weighted by Gasteiger charge is 2.31. The van der Waals surface area contributed by atoms with Crippen molar-refractivity contribution < 1.29 is 9.84 Å². The number of benzene rings is 1. The SMILES string of the molecule is CCCC1CCC(C2CCC(CCc3ccc(CO)cc3)CC2)OC1. The van der Waals surface area contributed by atoms with Crippen molar-refractivity contribution in [1.82, 2.24) is 0 Å². The van der Waals surface area contributed by atoms with Crippen LogP contribution in [0.25, 0.3) is 0 Å². The van der Waals surface area contributed by atoms with Crippen LogP contribution in [0.15, 0.2) is 24.3 Å². The van der Waals surface area contributed by atoms with Crippen LogP contribution in [0.4, 0.5) is 0 Å². The van der Waals surface area contributed by atoms with Crippen LogP contribution in [0.2, 0.25) is 0 Å². The predicted octanol–water partition coefficient (Wildman–Crippen LogP) is 5.51. The second-order valence-corrected chi connectivity index (χ2v) is 8.40. The second kappa shape index (κ2) is 9.73. The van der Waals surface area contributed by atoms with Crippen LogP contribution in [0.1, 0.15) is 75.8 Å². The van der Waals surface area contributed by atoms with E-state index in [1.807, 2.05) is 0 Å². The van der Waals surface area contributed by atoms with Crippen LogP contribution in [0, 0.1) is 17.8 Å². The minimum Gasteiger partial charge on any atom is -0.392 e. The van der Waals surface area contributed by atoms with E-state index in [9.17, 15) is 0 Å². The third kappa shape index (κ3) is 5.56. The van der Waals surface area contributed by atoms with E-state index in [0.717, 1.165) is 29.9 Å². The Hall–Kier alpha value is -0.860. The average Bonchev–Trinajstić information content (AvgIpc) is 2.68. The first-order valence-corrected chi connectivity index (χ1v) is 10.6. The average molecular weight is 345 g/mol. The molecule has 0 radical (unpaired) electrons. The summed E-state index contributed by atoms with van der Waals surface area (Å²) in [6, 6.07) is 8.47. The van der Waals surface area contributed by atoms with Gasteiger partial charge in [-0.25, -0.2) is 0 Å². The van der Waals surface area contributed by atoms with Crippen LogP contribution in [0.5, 0.6) is 0 Å². The minimum atomic E-state index is 0.146. The summed E-state index contributed by atoms with van der Waals surface area (Å²) in [5, 5.41) is 9.13. The highest BCUT2D eigenvalue weighted by Crippen LogP contribution is 2.37. The summed E-state index contributed by atoms with van der Waals surface area (Å²) in [6.45, 7) is 3.45. The van der Waals surface area contributed by atoms with E-state index in [1.54, 1.807) is 0 Å². The monoisotopic (exact) mass is 344 g/mol. The molecule has 0 bridgehead atoms. The molecular weight excluding hydrogens is 308 g/mol. The Bertz CT molecular complexity index is 479. The molecule has 1 aromatic carbocycles. The van der Waals surface area contributed by atoms with Crippen LogP contribution in [-0.4, -0.2) is 17.8 Å². The van der Waals surface area contributed by atoms with Crippen LogP contribution >= 0.6 is 0 Å². The molecular formula is C23H36O2. The van der Waals surface area contributed by atoms with E-state index in [4.69, 9.17) is 9.84 Å². The lowest BCUT2D eigenvalue weighted by atomic mass is 9.75. The number of hydrogen-bond acceptors (Lipinski definition) is 2. The van der Waals surface area contributed by atoms with Crippen molar-refractivity contribution in [2.45, 2.75) is 83.8 Å². The van der Waals surface area contributed by atoms with E-state index in [1.165, 1.54) is 69.8 Å². The summed E-state index contributed by atoms with van der Waals surface area (Å²) in [5.74, 6) is 2.54. The van der Waals surface area contributed by atoms with E-state index < -0.39 is 0 Å². The van der Waals surface area contributed by atoms with Crippen molar-refractivity contribution in [2.75, 3.05) is 6.61 Å². The molecule has 2 unspecified atom stereocenters. The fourth-order valence-electron chi connectivity index (χ4n) is 4.86. The lowest BCUT2D eigenvalue weighted by molar-refractivity contribution is -0.0596. The molecule has 1 aromatic rings. The summed E-state index contributed by atoms with van der Waals surface area (Å²) in [5.41, 5.74) is 2.43. The number of hydrogen-bond donors (Lipinski definition) is 1. The Morgan fingerprint density at radius 1 is 0.880 bits per heavy atom. The number of rotatable bonds is 7. The molecule has 1 heterocycles. The Morgan fingerprint density at radius 2 is 1.56 bits per heavy atom. The van der Waals surface area contributed by atoms with Gasteiger partial charge in [0.25, 0.3) is 0 Å². The van der Waals surface area contributed by atoms with Crippen LogP contribution in [-0.2, 0) is 17.8 Å². The summed E-state index contributed by atoms with van der Waals surface area (Å²) in [7, 11) is 0. The van der Waals surface area contributed by atoms with Crippen LogP contribution in [0.3, 0.4) is 0 Å². The van der Waals surface area contributed by atoms with Crippen molar-refractivity contribution in [3.63, 3.8) is 0 Å². The van der Waals surface area contributed by atoms with Gasteiger partial charge in [0.1, 0.15) is 0 Å². The largest absolute Gasteiger partial charge is 0.392 e. The first kappa shape index (κ1) is 18.9. The van der Waals surface area contributed by atoms with Gasteiger partial charge in [0.15, 0.2) is 0 Å². The lowest BCUT2D eigenvalue weighted by Crippen LogP contribution is -2.34. The Morgan fingerprint density at radius 3 is 2.16 bits per heavy atom. The highest BCUT2D eigenvalue weighted by molar-refractivity contribution is 5.22. The van der Waals surface area contributed by atoms with E-state index >= 15 is 0 Å². The number of aliphatic hydroxyl groups is 1. The molecule has 2 heteroatoms. The number of aryl methyl sites for hydroxylation is 1. The van der Waals surface area contributed by atoms with Gasteiger partial charge in [-0.1, -0.05) is 50.5 Å². The Labute approximate surface area is 154 Å². The number of ether oxygens (including phenoxy) is 1. The van der Waals surface area contributed by atoms with Gasteiger partial charge in [0.05, 0.1) is 12.7 Å². The summed E-state index contributed by atoms with van der Waals surface area (Å²) in [6.07, 6.45) is 13.9. The van der Waals surface area contributed by atoms with E-state index in [-0.39, 0.29) is 6.61 Å². The van der Waals surface area contributed by atoms with Gasteiger partial charge < -0.3 is 9.84 Å². The molecule has 0 spiro atoms. The molecule has 0 amide bonds. The van der Waals surface area contributed by atoms with Gasteiger partial charge in [0.2, 0.25) is 0 Å². The first-order valence-electron chi connectivity index (χ1n) is 10.6. The van der Waals surface area contributed by atoms with Gasteiger partial charge >= 0.3 is 0 Å². The molecule has 2 fully saturated rings. The van der Waals surface area contributed by atoms with Crippen molar-refractivity contribution in [3.8, 4) is 0 Å². The molecule has 3 rings (SSSR count). The fraction of sp³-hybridized carbons (Fsp3) is 0.739. The molecule has 2 nitrogen and oxygen atoms in total. The zero-order valence-electron chi connectivity index (χ0n) is 16.0. The molecule has 2 aliphatic rings. The predicted molar refractivity (Wildman–Crippen MR) is 104 cm³/mol. The summed E-state index contributed by atoms with van der Waals surface area (Å²) < 4.78 is 6.25. The maximum atomic E-state index is 9.13. The van der Waals surface area contributed by atoms with Crippen molar-refractivity contribution >= 4 is 0 Å². The fourth-order valence-corrected chi connectivity index (χ4v) is 4.86. The molecule has 0 aromatic heterocycles. The third-order valence-corrected chi connectivity index (χ3v) is 6.57. The smallest absolute Gasteiger partial charge is 0.0681 e. The molecule has 1 aliphatic heterocycles. The van der Waals surface area contributed by atoms with Crippen LogP contribution < -0.4 is 0 Å². The topological polar surface area (TPSA) is 29.5 Å². The minimum absolute atomic E-state index is 0.146.